The number of nitro groups is 1. The molecule has 0 aromatic heterocycles. The van der Waals surface area contributed by atoms with E-state index in [2.05, 4.69) is 5.32 Å². The Balaban J connectivity index is 1.88. The van der Waals surface area contributed by atoms with Crippen molar-refractivity contribution in [1.29, 1.82) is 0 Å². The van der Waals surface area contributed by atoms with Crippen molar-refractivity contribution in [2.45, 2.75) is 13.0 Å². The van der Waals surface area contributed by atoms with Crippen molar-refractivity contribution >= 4 is 5.69 Å². The maximum atomic E-state index is 13.8. The van der Waals surface area contributed by atoms with Gasteiger partial charge in [-0.15, -0.1) is 0 Å². The highest BCUT2D eigenvalue weighted by Gasteiger charge is 2.16. The summed E-state index contributed by atoms with van der Waals surface area (Å²) >= 11 is 0. The Kier molecular flexibility index (Phi) is 4.79. The largest absolute Gasteiger partial charge is 0.312 e. The van der Waals surface area contributed by atoms with Crippen LogP contribution in [0, 0.1) is 15.9 Å². The van der Waals surface area contributed by atoms with Crippen LogP contribution in [0.4, 0.5) is 10.1 Å². The molecule has 0 aliphatic rings. The third kappa shape index (κ3) is 3.61. The maximum absolute atomic E-state index is 13.8. The van der Waals surface area contributed by atoms with Gasteiger partial charge in [-0.25, -0.2) is 0 Å². The topological polar surface area (TPSA) is 55.2 Å². The summed E-state index contributed by atoms with van der Waals surface area (Å²) in [6.45, 7) is 0.965. The first-order valence-corrected chi connectivity index (χ1v) is 6.35. The van der Waals surface area contributed by atoms with Gasteiger partial charge < -0.3 is 5.32 Å². The van der Waals surface area contributed by atoms with Crippen molar-refractivity contribution in [2.75, 3.05) is 6.54 Å². The van der Waals surface area contributed by atoms with E-state index in [1.54, 1.807) is 6.07 Å². The molecule has 4 nitrogen and oxygen atoms in total. The third-order valence-corrected chi connectivity index (χ3v) is 3.00. The molecule has 0 radical (unpaired) electrons. The lowest BCUT2D eigenvalue weighted by atomic mass is 10.1. The Bertz CT molecular complexity index is 588. The first kappa shape index (κ1) is 14.1. The third-order valence-electron chi connectivity index (χ3n) is 3.00. The lowest BCUT2D eigenvalue weighted by Gasteiger charge is -2.06. The van der Waals surface area contributed by atoms with Crippen molar-refractivity contribution < 1.29 is 9.31 Å². The van der Waals surface area contributed by atoms with Crippen molar-refractivity contribution in [1.82, 2.24) is 5.32 Å². The number of nitro benzene ring substituents is 1. The Hall–Kier alpha value is -2.27. The highest BCUT2D eigenvalue weighted by Crippen LogP contribution is 2.19. The van der Waals surface area contributed by atoms with E-state index < -0.39 is 16.4 Å². The Morgan fingerprint density at radius 3 is 2.55 bits per heavy atom. The van der Waals surface area contributed by atoms with Gasteiger partial charge in [-0.2, -0.15) is 4.39 Å². The number of halogens is 1. The van der Waals surface area contributed by atoms with Crippen LogP contribution in [0.1, 0.15) is 11.1 Å². The number of nitrogens with zero attached hydrogens (tertiary/aromatic N) is 1. The molecule has 0 saturated carbocycles. The molecule has 20 heavy (non-hydrogen) atoms. The molecular weight excluding hydrogens is 259 g/mol. The number of hydrogen-bond donors (Lipinski definition) is 1. The van der Waals surface area contributed by atoms with Gasteiger partial charge in [0.15, 0.2) is 0 Å². The zero-order valence-corrected chi connectivity index (χ0v) is 10.9. The minimum Gasteiger partial charge on any atom is -0.312 e. The van der Waals surface area contributed by atoms with E-state index >= 15 is 0 Å². The molecular formula is C15H15FN2O2. The van der Waals surface area contributed by atoms with Gasteiger partial charge in [0.05, 0.1) is 4.92 Å². The highest BCUT2D eigenvalue weighted by atomic mass is 19.1. The first-order valence-electron chi connectivity index (χ1n) is 6.35. The molecule has 0 spiro atoms. The van der Waals surface area contributed by atoms with Crippen molar-refractivity contribution in [3.8, 4) is 0 Å². The molecule has 104 valence electrons. The molecule has 2 rings (SSSR count). The fourth-order valence-corrected chi connectivity index (χ4v) is 1.94. The zero-order valence-electron chi connectivity index (χ0n) is 10.9. The average Bonchev–Trinajstić information content (AvgIpc) is 2.46. The van der Waals surface area contributed by atoms with Crippen LogP contribution in [0.25, 0.3) is 0 Å². The fraction of sp³-hybridized carbons (Fsp3) is 0.200. The quantitative estimate of drug-likeness (QED) is 0.500. The van der Waals surface area contributed by atoms with Crippen molar-refractivity contribution in [3.05, 3.63) is 75.6 Å². The van der Waals surface area contributed by atoms with E-state index in [4.69, 9.17) is 0 Å². The fourth-order valence-electron chi connectivity index (χ4n) is 1.94. The molecule has 0 bridgehead atoms. The number of nitrogens with one attached hydrogen (secondary N) is 1. The van der Waals surface area contributed by atoms with Gasteiger partial charge in [-0.1, -0.05) is 42.5 Å². The second-order valence-corrected chi connectivity index (χ2v) is 4.42. The minimum absolute atomic E-state index is 0.278. The lowest BCUT2D eigenvalue weighted by Crippen LogP contribution is -2.17. The molecule has 2 aromatic carbocycles. The Labute approximate surface area is 116 Å². The van der Waals surface area contributed by atoms with Gasteiger partial charge in [0.25, 0.3) is 0 Å². The summed E-state index contributed by atoms with van der Waals surface area (Å²) in [5, 5.41) is 13.7. The molecule has 2 aromatic rings. The summed E-state index contributed by atoms with van der Waals surface area (Å²) in [7, 11) is 0. The molecule has 5 heteroatoms. The summed E-state index contributed by atoms with van der Waals surface area (Å²) < 4.78 is 13.8. The van der Waals surface area contributed by atoms with Crippen LogP contribution in [0.5, 0.6) is 0 Å². The average molecular weight is 274 g/mol. The number of benzene rings is 2. The Morgan fingerprint density at radius 1 is 1.10 bits per heavy atom. The zero-order chi connectivity index (χ0) is 14.4. The van der Waals surface area contributed by atoms with Crippen LogP contribution in [0.15, 0.2) is 48.5 Å². The van der Waals surface area contributed by atoms with Gasteiger partial charge in [-0.3, -0.25) is 10.1 Å². The van der Waals surface area contributed by atoms with E-state index in [0.717, 1.165) is 6.42 Å². The maximum Gasteiger partial charge on any atom is 0.305 e. The SMILES string of the molecule is O=[N+]([O-])c1cccc(CNCCc2ccccc2)c1F. The minimum atomic E-state index is -0.760. The van der Waals surface area contributed by atoms with E-state index in [9.17, 15) is 14.5 Å². The van der Waals surface area contributed by atoms with Gasteiger partial charge >= 0.3 is 5.69 Å². The van der Waals surface area contributed by atoms with E-state index in [0.29, 0.717) is 12.1 Å². The lowest BCUT2D eigenvalue weighted by molar-refractivity contribution is -0.387. The van der Waals surface area contributed by atoms with E-state index in [1.165, 1.54) is 17.7 Å². The predicted molar refractivity (Wildman–Crippen MR) is 74.9 cm³/mol. The molecule has 0 aliphatic carbocycles. The molecule has 0 atom stereocenters. The van der Waals surface area contributed by atoms with Crippen molar-refractivity contribution in [2.24, 2.45) is 0 Å². The van der Waals surface area contributed by atoms with Crippen LogP contribution in [-0.4, -0.2) is 11.5 Å². The monoisotopic (exact) mass is 274 g/mol. The molecule has 0 amide bonds. The second kappa shape index (κ2) is 6.77. The second-order valence-electron chi connectivity index (χ2n) is 4.42. The normalized spacial score (nSPS) is 10.4. The van der Waals surface area contributed by atoms with Gasteiger partial charge in [0, 0.05) is 18.2 Å². The summed E-state index contributed by atoms with van der Waals surface area (Å²) in [4.78, 5) is 9.93. The highest BCUT2D eigenvalue weighted by molar-refractivity contribution is 5.36. The molecule has 0 heterocycles. The summed E-state index contributed by atoms with van der Waals surface area (Å²) in [6.07, 6.45) is 0.831. The van der Waals surface area contributed by atoms with Crippen LogP contribution in [0.2, 0.25) is 0 Å². The number of hydrogen-bond acceptors (Lipinski definition) is 3. The summed E-state index contributed by atoms with van der Waals surface area (Å²) in [5.41, 5.74) is 1.03. The molecule has 0 fully saturated rings. The molecule has 0 aliphatic heterocycles. The van der Waals surface area contributed by atoms with Gasteiger partial charge in [0.1, 0.15) is 0 Å². The van der Waals surface area contributed by atoms with Gasteiger partial charge in [-0.05, 0) is 18.5 Å². The van der Waals surface area contributed by atoms with Crippen molar-refractivity contribution in [3.63, 3.8) is 0 Å². The molecule has 0 saturated heterocycles. The standard InChI is InChI=1S/C15H15FN2O2/c16-15-13(7-4-8-14(15)18(19)20)11-17-10-9-12-5-2-1-3-6-12/h1-8,17H,9-11H2. The van der Waals surface area contributed by atoms with Crippen LogP contribution in [-0.2, 0) is 13.0 Å². The van der Waals surface area contributed by atoms with E-state index in [1.807, 2.05) is 30.3 Å². The molecule has 0 unspecified atom stereocenters. The Morgan fingerprint density at radius 2 is 1.85 bits per heavy atom. The van der Waals surface area contributed by atoms with Crippen LogP contribution >= 0.6 is 0 Å². The first-order chi connectivity index (χ1) is 9.68. The van der Waals surface area contributed by atoms with Gasteiger partial charge in [0.2, 0.25) is 5.82 Å². The summed E-state index contributed by atoms with van der Waals surface area (Å²) in [6, 6.07) is 14.2. The number of rotatable bonds is 6. The van der Waals surface area contributed by atoms with E-state index in [-0.39, 0.29) is 6.54 Å². The predicted octanol–water partition coefficient (Wildman–Crippen LogP) is 3.07. The smallest absolute Gasteiger partial charge is 0.305 e. The van der Waals surface area contributed by atoms with Crippen LogP contribution in [0.3, 0.4) is 0 Å². The summed E-state index contributed by atoms with van der Waals surface area (Å²) in [5.74, 6) is -0.760. The molecule has 1 N–H and O–H groups in total. The van der Waals surface area contributed by atoms with Crippen LogP contribution < -0.4 is 5.32 Å².